The molecule has 0 unspecified atom stereocenters. The van der Waals surface area contributed by atoms with Gasteiger partial charge in [-0.25, -0.2) is 13.4 Å². The number of aromatic nitrogens is 1. The van der Waals surface area contributed by atoms with Crippen LogP contribution in [0.15, 0.2) is 70.2 Å². The highest BCUT2D eigenvalue weighted by molar-refractivity contribution is 7.89. The summed E-state index contributed by atoms with van der Waals surface area (Å²) < 4.78 is 34.3. The van der Waals surface area contributed by atoms with Gasteiger partial charge in [-0.2, -0.15) is 4.31 Å². The highest BCUT2D eigenvalue weighted by Crippen LogP contribution is 2.34. The summed E-state index contributed by atoms with van der Waals surface area (Å²) in [6.45, 7) is 0.174. The number of benzene rings is 2. The van der Waals surface area contributed by atoms with Crippen molar-refractivity contribution in [1.29, 1.82) is 0 Å². The van der Waals surface area contributed by atoms with E-state index in [2.05, 4.69) is 4.98 Å². The Balaban J connectivity index is 1.44. The second kappa shape index (κ2) is 10.3. The molecule has 10 heteroatoms. The van der Waals surface area contributed by atoms with Crippen LogP contribution in [0.4, 0.5) is 5.13 Å². The number of halogens is 1. The van der Waals surface area contributed by atoms with E-state index in [1.165, 1.54) is 32.7 Å². The number of para-hydroxylation sites is 1. The number of fused-ring (bicyclic) bond motifs is 1. The van der Waals surface area contributed by atoms with E-state index in [4.69, 9.17) is 16.0 Å². The summed E-state index contributed by atoms with van der Waals surface area (Å²) >= 11 is 7.67. The van der Waals surface area contributed by atoms with E-state index in [1.54, 1.807) is 43.6 Å². The zero-order valence-electron chi connectivity index (χ0n) is 19.8. The van der Waals surface area contributed by atoms with Crippen LogP contribution in [0.3, 0.4) is 0 Å². The maximum absolute atomic E-state index is 13.6. The zero-order valence-corrected chi connectivity index (χ0v) is 22.2. The molecule has 1 aliphatic rings. The first-order valence-corrected chi connectivity index (χ1v) is 14.5. The van der Waals surface area contributed by atoms with Gasteiger partial charge < -0.3 is 4.42 Å². The first kappa shape index (κ1) is 25.0. The van der Waals surface area contributed by atoms with Gasteiger partial charge in [-0.3, -0.25) is 9.69 Å². The van der Waals surface area contributed by atoms with Gasteiger partial charge in [-0.05, 0) is 61.4 Å². The van der Waals surface area contributed by atoms with Crippen LogP contribution in [-0.4, -0.2) is 36.7 Å². The van der Waals surface area contributed by atoms with Gasteiger partial charge in [0, 0.05) is 18.7 Å². The summed E-state index contributed by atoms with van der Waals surface area (Å²) in [4.78, 5) is 20.0. The van der Waals surface area contributed by atoms with Crippen LogP contribution in [-0.2, 0) is 16.6 Å². The summed E-state index contributed by atoms with van der Waals surface area (Å²) in [5.41, 5.74) is 0.981. The van der Waals surface area contributed by atoms with Crippen molar-refractivity contribution in [2.24, 2.45) is 0 Å². The minimum atomic E-state index is -3.65. The molecule has 7 nitrogen and oxygen atoms in total. The number of sulfonamides is 1. The third-order valence-electron chi connectivity index (χ3n) is 6.60. The van der Waals surface area contributed by atoms with Crippen molar-refractivity contribution in [3.8, 4) is 0 Å². The van der Waals surface area contributed by atoms with Gasteiger partial charge in [0.05, 0.1) is 27.4 Å². The molecule has 2 heterocycles. The molecule has 188 valence electrons. The minimum absolute atomic E-state index is 0.0136. The Morgan fingerprint density at radius 1 is 1.08 bits per heavy atom. The molecule has 0 atom stereocenters. The first-order valence-electron chi connectivity index (χ1n) is 11.8. The Hall–Kier alpha value is -2.72. The molecule has 1 fully saturated rings. The number of carbonyl (C=O) groups is 1. The Morgan fingerprint density at radius 3 is 2.50 bits per heavy atom. The largest absolute Gasteiger partial charge is 0.467 e. The molecule has 2 aromatic heterocycles. The average Bonchev–Trinajstić information content (AvgIpc) is 3.57. The fourth-order valence-electron chi connectivity index (χ4n) is 4.54. The fraction of sp³-hybridized carbons (Fsp3) is 0.308. The van der Waals surface area contributed by atoms with Gasteiger partial charge in [0.25, 0.3) is 5.91 Å². The zero-order chi connectivity index (χ0) is 25.3. The van der Waals surface area contributed by atoms with Crippen LogP contribution in [0, 0.1) is 0 Å². The molecule has 1 amide bonds. The number of amides is 1. The first-order chi connectivity index (χ1) is 17.3. The van der Waals surface area contributed by atoms with Crippen LogP contribution in [0.25, 0.3) is 10.2 Å². The lowest BCUT2D eigenvalue weighted by Gasteiger charge is -2.30. The number of hydrogen-bond acceptors (Lipinski definition) is 6. The van der Waals surface area contributed by atoms with E-state index in [1.807, 2.05) is 12.1 Å². The third-order valence-corrected chi connectivity index (χ3v) is 9.87. The van der Waals surface area contributed by atoms with E-state index in [0.717, 1.165) is 36.8 Å². The van der Waals surface area contributed by atoms with Gasteiger partial charge in [-0.15, -0.1) is 0 Å². The van der Waals surface area contributed by atoms with E-state index in [-0.39, 0.29) is 23.4 Å². The minimum Gasteiger partial charge on any atom is -0.467 e. The van der Waals surface area contributed by atoms with Gasteiger partial charge in [-0.1, -0.05) is 48.3 Å². The highest BCUT2D eigenvalue weighted by atomic mass is 35.5. The van der Waals surface area contributed by atoms with Crippen molar-refractivity contribution >= 4 is 54.2 Å². The smallest absolute Gasteiger partial charge is 0.260 e. The standard InChI is InChI=1S/C26H26ClN3O4S2/c1-29(19-7-3-2-4-8-19)36(32,33)21-14-12-18(13-15-21)25(31)30(17-20-9-6-16-34-20)26-28-24-22(27)10-5-11-23(24)35-26/h5-6,9-16,19H,2-4,7-8,17H2,1H3. The molecule has 0 spiro atoms. The molecule has 0 radical (unpaired) electrons. The van der Waals surface area contributed by atoms with Crippen molar-refractivity contribution in [2.45, 2.75) is 49.6 Å². The molecule has 0 saturated heterocycles. The molecule has 0 N–H and O–H groups in total. The van der Waals surface area contributed by atoms with Crippen LogP contribution in [0.5, 0.6) is 0 Å². The van der Waals surface area contributed by atoms with Crippen LogP contribution < -0.4 is 4.90 Å². The van der Waals surface area contributed by atoms with Crippen LogP contribution in [0.2, 0.25) is 5.02 Å². The van der Waals surface area contributed by atoms with Crippen molar-refractivity contribution in [3.63, 3.8) is 0 Å². The normalized spacial score (nSPS) is 15.0. The summed E-state index contributed by atoms with van der Waals surface area (Å²) in [5.74, 6) is 0.285. The van der Waals surface area contributed by atoms with Gasteiger partial charge >= 0.3 is 0 Å². The molecule has 2 aromatic carbocycles. The molecule has 5 rings (SSSR count). The lowest BCUT2D eigenvalue weighted by molar-refractivity contribution is 0.0983. The monoisotopic (exact) mass is 543 g/mol. The highest BCUT2D eigenvalue weighted by Gasteiger charge is 2.30. The quantitative estimate of drug-likeness (QED) is 0.271. The number of rotatable bonds is 7. The summed E-state index contributed by atoms with van der Waals surface area (Å²) in [6, 6.07) is 15.2. The van der Waals surface area contributed by atoms with Gasteiger partial charge in [0.2, 0.25) is 10.0 Å². The topological polar surface area (TPSA) is 83.7 Å². The molecule has 36 heavy (non-hydrogen) atoms. The maximum Gasteiger partial charge on any atom is 0.260 e. The predicted octanol–water partition coefficient (Wildman–Crippen LogP) is 6.34. The number of carbonyl (C=O) groups excluding carboxylic acids is 1. The predicted molar refractivity (Wildman–Crippen MR) is 142 cm³/mol. The number of furan rings is 1. The fourth-order valence-corrected chi connectivity index (χ4v) is 7.21. The van der Waals surface area contributed by atoms with Gasteiger partial charge in [0.15, 0.2) is 5.13 Å². The Bertz CT molecular complexity index is 1460. The second-order valence-corrected chi connectivity index (χ2v) is 12.3. The summed E-state index contributed by atoms with van der Waals surface area (Å²) in [6.07, 6.45) is 6.54. The van der Waals surface area contributed by atoms with E-state index in [9.17, 15) is 13.2 Å². The third kappa shape index (κ3) is 4.93. The summed E-state index contributed by atoms with van der Waals surface area (Å²) in [7, 11) is -2.00. The van der Waals surface area contributed by atoms with E-state index >= 15 is 0 Å². The Kier molecular flexibility index (Phi) is 7.16. The van der Waals surface area contributed by atoms with Crippen molar-refractivity contribution in [2.75, 3.05) is 11.9 Å². The number of anilines is 1. The average molecular weight is 544 g/mol. The molecule has 0 aliphatic heterocycles. The molecular weight excluding hydrogens is 518 g/mol. The van der Waals surface area contributed by atoms with E-state index < -0.39 is 10.0 Å². The van der Waals surface area contributed by atoms with E-state index in [0.29, 0.717) is 27.0 Å². The number of nitrogens with zero attached hydrogens (tertiary/aromatic N) is 3. The Labute approximate surface area is 219 Å². The number of thiazole rings is 1. The van der Waals surface area contributed by atoms with Crippen molar-refractivity contribution in [3.05, 3.63) is 77.2 Å². The lowest BCUT2D eigenvalue weighted by Crippen LogP contribution is -2.38. The molecule has 1 saturated carbocycles. The van der Waals surface area contributed by atoms with Crippen LogP contribution >= 0.6 is 22.9 Å². The molecule has 0 bridgehead atoms. The second-order valence-electron chi connectivity index (χ2n) is 8.89. The van der Waals surface area contributed by atoms with Crippen molar-refractivity contribution < 1.29 is 17.6 Å². The molecule has 1 aliphatic carbocycles. The lowest BCUT2D eigenvalue weighted by atomic mass is 9.96. The maximum atomic E-state index is 13.6. The Morgan fingerprint density at radius 2 is 1.83 bits per heavy atom. The van der Waals surface area contributed by atoms with Crippen molar-refractivity contribution in [1.82, 2.24) is 9.29 Å². The SMILES string of the molecule is CN(C1CCCCC1)S(=O)(=O)c1ccc(C(=O)N(Cc2ccco2)c2nc3c(Cl)cccc3s2)cc1. The van der Waals surface area contributed by atoms with Crippen LogP contribution in [0.1, 0.15) is 48.2 Å². The molecular formula is C26H26ClN3O4S2. The van der Waals surface area contributed by atoms with Gasteiger partial charge in [0.1, 0.15) is 11.3 Å². The molecule has 4 aromatic rings. The summed E-state index contributed by atoms with van der Waals surface area (Å²) in [5, 5.41) is 0.991. The number of hydrogen-bond donors (Lipinski definition) is 0.